The minimum atomic E-state index is -3.86. The molecular weight excluding hydrogens is 490 g/mol. The monoisotopic (exact) mass is 523 g/mol. The lowest BCUT2D eigenvalue weighted by molar-refractivity contribution is -0.141. The van der Waals surface area contributed by atoms with Crippen molar-refractivity contribution in [1.29, 1.82) is 0 Å². The molecule has 1 atom stereocenters. The Bertz CT molecular complexity index is 1150. The molecule has 2 amide bonds. The topological polar surface area (TPSA) is 96.0 Å². The predicted octanol–water partition coefficient (Wildman–Crippen LogP) is 3.84. The van der Waals surface area contributed by atoms with Crippen molar-refractivity contribution in [2.45, 2.75) is 52.2 Å². The molecule has 0 saturated heterocycles. The summed E-state index contributed by atoms with van der Waals surface area (Å²) >= 11 is 6.36. The van der Waals surface area contributed by atoms with E-state index in [1.54, 1.807) is 55.5 Å². The molecule has 0 aromatic heterocycles. The number of sulfonamides is 1. The molecule has 0 aliphatic carbocycles. The molecule has 8 nitrogen and oxygen atoms in total. The van der Waals surface area contributed by atoms with E-state index >= 15 is 0 Å². The van der Waals surface area contributed by atoms with Gasteiger partial charge in [-0.15, -0.1) is 0 Å². The van der Waals surface area contributed by atoms with E-state index in [9.17, 15) is 18.0 Å². The number of hydrogen-bond donors (Lipinski definition) is 1. The van der Waals surface area contributed by atoms with Crippen LogP contribution >= 0.6 is 11.6 Å². The van der Waals surface area contributed by atoms with Gasteiger partial charge in [-0.25, -0.2) is 8.42 Å². The predicted molar refractivity (Wildman–Crippen MR) is 139 cm³/mol. The van der Waals surface area contributed by atoms with Crippen molar-refractivity contribution in [2.24, 2.45) is 0 Å². The van der Waals surface area contributed by atoms with Crippen LogP contribution in [-0.4, -0.2) is 56.6 Å². The van der Waals surface area contributed by atoms with Gasteiger partial charge in [-0.2, -0.15) is 0 Å². The molecular formula is C25H34ClN3O5S. The molecule has 192 valence electrons. The van der Waals surface area contributed by atoms with Crippen molar-refractivity contribution < 1.29 is 22.7 Å². The third kappa shape index (κ3) is 7.86. The van der Waals surface area contributed by atoms with Crippen molar-refractivity contribution in [2.75, 3.05) is 24.2 Å². The van der Waals surface area contributed by atoms with Gasteiger partial charge in [-0.3, -0.25) is 13.9 Å². The fourth-order valence-corrected chi connectivity index (χ4v) is 4.66. The first-order chi connectivity index (χ1) is 16.3. The Balaban J connectivity index is 2.51. The highest BCUT2D eigenvalue weighted by Gasteiger charge is 2.33. The molecule has 10 heteroatoms. The first-order valence-electron chi connectivity index (χ1n) is 11.2. The van der Waals surface area contributed by atoms with Gasteiger partial charge in [0.15, 0.2) is 0 Å². The summed E-state index contributed by atoms with van der Waals surface area (Å²) in [5.41, 5.74) is 0.364. The van der Waals surface area contributed by atoms with Crippen molar-refractivity contribution in [3.63, 3.8) is 0 Å². The fraction of sp³-hybridized carbons (Fsp3) is 0.440. The number of para-hydroxylation sites is 2. The quantitative estimate of drug-likeness (QED) is 0.510. The summed E-state index contributed by atoms with van der Waals surface area (Å²) < 4.78 is 31.8. The van der Waals surface area contributed by atoms with Crippen LogP contribution in [0.4, 0.5) is 5.69 Å². The summed E-state index contributed by atoms with van der Waals surface area (Å²) in [6.45, 7) is 6.89. The number of carbonyl (C=O) groups is 2. The van der Waals surface area contributed by atoms with Crippen LogP contribution in [0.2, 0.25) is 5.02 Å². The number of nitrogens with zero attached hydrogens (tertiary/aromatic N) is 2. The van der Waals surface area contributed by atoms with Crippen molar-refractivity contribution in [3.8, 4) is 5.75 Å². The first-order valence-corrected chi connectivity index (χ1v) is 13.5. The fourth-order valence-electron chi connectivity index (χ4n) is 3.61. The largest absolute Gasteiger partial charge is 0.495 e. The summed E-state index contributed by atoms with van der Waals surface area (Å²) in [4.78, 5) is 28.3. The molecule has 0 bridgehead atoms. The van der Waals surface area contributed by atoms with E-state index in [-0.39, 0.29) is 18.1 Å². The van der Waals surface area contributed by atoms with E-state index in [4.69, 9.17) is 16.3 Å². The molecule has 0 saturated carbocycles. The summed E-state index contributed by atoms with van der Waals surface area (Å²) in [6, 6.07) is 12.7. The molecule has 0 aliphatic rings. The van der Waals surface area contributed by atoms with Crippen LogP contribution < -0.4 is 14.4 Å². The highest BCUT2D eigenvalue weighted by Crippen LogP contribution is 2.30. The number of carbonyl (C=O) groups excluding carboxylic acids is 2. The van der Waals surface area contributed by atoms with Gasteiger partial charge in [0.05, 0.1) is 19.1 Å². The number of methoxy groups -OCH3 is 1. The highest BCUT2D eigenvalue weighted by molar-refractivity contribution is 7.92. The number of amides is 2. The molecule has 0 spiro atoms. The lowest BCUT2D eigenvalue weighted by Crippen LogP contribution is -2.55. The molecule has 0 radical (unpaired) electrons. The second-order valence-corrected chi connectivity index (χ2v) is 11.5. The van der Waals surface area contributed by atoms with Gasteiger partial charge in [-0.1, -0.05) is 48.9 Å². The molecule has 2 rings (SSSR count). The molecule has 0 heterocycles. The summed E-state index contributed by atoms with van der Waals surface area (Å²) in [5.74, 6) is -0.568. The van der Waals surface area contributed by atoms with Crippen LogP contribution in [0.5, 0.6) is 5.75 Å². The molecule has 0 aliphatic heterocycles. The molecule has 2 aromatic rings. The number of halogens is 1. The van der Waals surface area contributed by atoms with E-state index in [0.29, 0.717) is 22.8 Å². The normalized spacial score (nSPS) is 12.5. The maximum Gasteiger partial charge on any atom is 0.244 e. The molecule has 2 aromatic carbocycles. The smallest absolute Gasteiger partial charge is 0.244 e. The summed E-state index contributed by atoms with van der Waals surface area (Å²) in [7, 11) is -2.44. The maximum atomic E-state index is 13.7. The minimum Gasteiger partial charge on any atom is -0.495 e. The zero-order valence-corrected chi connectivity index (χ0v) is 22.6. The molecule has 0 fully saturated rings. The maximum absolute atomic E-state index is 13.7. The number of anilines is 1. The van der Waals surface area contributed by atoms with Crippen LogP contribution in [0.25, 0.3) is 0 Å². The number of rotatable bonds is 10. The van der Waals surface area contributed by atoms with E-state index in [1.165, 1.54) is 12.0 Å². The van der Waals surface area contributed by atoms with E-state index in [1.807, 2.05) is 20.8 Å². The van der Waals surface area contributed by atoms with Gasteiger partial charge >= 0.3 is 0 Å². The van der Waals surface area contributed by atoms with Crippen LogP contribution in [-0.2, 0) is 26.2 Å². The van der Waals surface area contributed by atoms with Crippen LogP contribution in [0, 0.1) is 0 Å². The van der Waals surface area contributed by atoms with E-state index in [2.05, 4.69) is 5.32 Å². The Hall–Kier alpha value is -2.78. The average Bonchev–Trinajstić information content (AvgIpc) is 2.76. The zero-order chi connectivity index (χ0) is 26.4. The standard InChI is InChI=1S/C25H34ClN3O5S/c1-7-20(24(31)27-25(2,3)4)28(16-18-12-8-9-13-19(18)26)23(30)17-29(35(6,32)33)21-14-10-11-15-22(21)34-5/h8-15,20H,7,16-17H2,1-6H3,(H,27,31)/t20-/m1/s1. The van der Waals surface area contributed by atoms with Gasteiger partial charge in [0, 0.05) is 17.1 Å². The Morgan fingerprint density at radius 2 is 1.69 bits per heavy atom. The minimum absolute atomic E-state index is 0.0398. The van der Waals surface area contributed by atoms with Gasteiger partial charge in [0.2, 0.25) is 21.8 Å². The molecule has 0 unspecified atom stereocenters. The van der Waals surface area contributed by atoms with Crippen molar-refractivity contribution in [3.05, 3.63) is 59.1 Å². The third-order valence-electron chi connectivity index (χ3n) is 5.22. The van der Waals surface area contributed by atoms with Crippen molar-refractivity contribution >= 4 is 39.1 Å². The van der Waals surface area contributed by atoms with E-state index < -0.39 is 34.1 Å². The SMILES string of the molecule is CC[C@H](C(=O)NC(C)(C)C)N(Cc1ccccc1Cl)C(=O)CN(c1ccccc1OC)S(C)(=O)=O. The summed E-state index contributed by atoms with van der Waals surface area (Å²) in [5, 5.41) is 3.37. The Morgan fingerprint density at radius 3 is 2.23 bits per heavy atom. The van der Waals surface area contributed by atoms with Gasteiger partial charge < -0.3 is 15.0 Å². The highest BCUT2D eigenvalue weighted by atomic mass is 35.5. The number of ether oxygens (including phenoxy) is 1. The number of benzene rings is 2. The second kappa shape index (κ2) is 11.8. The van der Waals surface area contributed by atoms with E-state index in [0.717, 1.165) is 10.6 Å². The Labute approximate surface area is 213 Å². The Morgan fingerprint density at radius 1 is 1.09 bits per heavy atom. The van der Waals surface area contributed by atoms with Crippen LogP contribution in [0.1, 0.15) is 39.7 Å². The zero-order valence-electron chi connectivity index (χ0n) is 21.0. The van der Waals surface area contributed by atoms with Crippen molar-refractivity contribution in [1.82, 2.24) is 10.2 Å². The lowest BCUT2D eigenvalue weighted by Gasteiger charge is -2.34. The molecule has 1 N–H and O–H groups in total. The van der Waals surface area contributed by atoms with Crippen LogP contribution in [0.15, 0.2) is 48.5 Å². The summed E-state index contributed by atoms with van der Waals surface area (Å²) in [6.07, 6.45) is 1.35. The van der Waals surface area contributed by atoms with Gasteiger partial charge in [-0.05, 0) is 51.0 Å². The first kappa shape index (κ1) is 28.5. The number of nitrogens with one attached hydrogen (secondary N) is 1. The lowest BCUT2D eigenvalue weighted by atomic mass is 10.1. The van der Waals surface area contributed by atoms with Crippen LogP contribution in [0.3, 0.4) is 0 Å². The van der Waals surface area contributed by atoms with Gasteiger partial charge in [0.25, 0.3) is 0 Å². The third-order valence-corrected chi connectivity index (χ3v) is 6.71. The number of hydrogen-bond acceptors (Lipinski definition) is 5. The average molecular weight is 524 g/mol. The van der Waals surface area contributed by atoms with Gasteiger partial charge in [0.1, 0.15) is 18.3 Å². The molecule has 35 heavy (non-hydrogen) atoms. The second-order valence-electron chi connectivity index (χ2n) is 9.22. The Kier molecular flexibility index (Phi) is 9.57.